The lowest BCUT2D eigenvalue weighted by molar-refractivity contribution is -0.117. The average Bonchev–Trinajstić information content (AvgIpc) is 2.83. The molecule has 2 aliphatic rings. The number of anilines is 1. The van der Waals surface area contributed by atoms with E-state index in [9.17, 15) is 9.90 Å². The lowest BCUT2D eigenvalue weighted by Gasteiger charge is -2.36. The second-order valence-corrected chi connectivity index (χ2v) is 6.00. The number of amides is 1. The van der Waals surface area contributed by atoms with Crippen LogP contribution < -0.4 is 10.2 Å². The Bertz CT molecular complexity index is 497. The maximum atomic E-state index is 11.8. The van der Waals surface area contributed by atoms with E-state index in [4.69, 9.17) is 0 Å². The van der Waals surface area contributed by atoms with E-state index >= 15 is 0 Å². The van der Waals surface area contributed by atoms with Gasteiger partial charge in [0.25, 0.3) is 0 Å². The quantitative estimate of drug-likeness (QED) is 0.861. The van der Waals surface area contributed by atoms with Gasteiger partial charge in [0.2, 0.25) is 5.91 Å². The highest BCUT2D eigenvalue weighted by molar-refractivity contribution is 5.95. The number of nitrogens with one attached hydrogen (secondary N) is 1. The Balaban J connectivity index is 1.58. The maximum absolute atomic E-state index is 11.8. The highest BCUT2D eigenvalue weighted by Crippen LogP contribution is 2.30. The third-order valence-corrected chi connectivity index (χ3v) is 4.36. The van der Waals surface area contributed by atoms with Gasteiger partial charge in [0.15, 0.2) is 0 Å². The molecule has 0 aromatic heterocycles. The predicted molar refractivity (Wildman–Crippen MR) is 78.5 cm³/mol. The van der Waals surface area contributed by atoms with Crippen molar-refractivity contribution in [1.82, 2.24) is 5.32 Å². The van der Waals surface area contributed by atoms with Crippen LogP contribution in [0.5, 0.6) is 0 Å². The first-order valence-corrected chi connectivity index (χ1v) is 7.49. The minimum atomic E-state index is -0.484. The van der Waals surface area contributed by atoms with Gasteiger partial charge < -0.3 is 15.3 Å². The van der Waals surface area contributed by atoms with Crippen molar-refractivity contribution in [2.75, 3.05) is 18.0 Å². The number of benzene rings is 1. The van der Waals surface area contributed by atoms with Gasteiger partial charge in [0.1, 0.15) is 0 Å². The number of nitrogens with zero attached hydrogens (tertiary/aromatic N) is 1. The Morgan fingerprint density at radius 1 is 1.30 bits per heavy atom. The Kier molecular flexibility index (Phi) is 3.76. The van der Waals surface area contributed by atoms with Crippen molar-refractivity contribution in [3.05, 3.63) is 29.8 Å². The third kappa shape index (κ3) is 2.86. The first kappa shape index (κ1) is 13.6. The summed E-state index contributed by atoms with van der Waals surface area (Å²) in [6, 6.07) is 8.12. The second kappa shape index (κ2) is 5.54. The SMILES string of the molecule is O=C1CCCN1c1cccc(CNCC2(O)CCC2)c1. The van der Waals surface area contributed by atoms with Gasteiger partial charge in [-0.05, 0) is 43.4 Å². The van der Waals surface area contributed by atoms with E-state index in [1.165, 1.54) is 0 Å². The fraction of sp³-hybridized carbons (Fsp3) is 0.562. The Morgan fingerprint density at radius 3 is 2.80 bits per heavy atom. The van der Waals surface area contributed by atoms with E-state index in [0.29, 0.717) is 13.0 Å². The molecule has 2 fully saturated rings. The molecule has 0 radical (unpaired) electrons. The van der Waals surface area contributed by atoms with Crippen LogP contribution in [0.1, 0.15) is 37.7 Å². The summed E-state index contributed by atoms with van der Waals surface area (Å²) in [7, 11) is 0. The van der Waals surface area contributed by atoms with Crippen LogP contribution in [-0.4, -0.2) is 29.7 Å². The summed E-state index contributed by atoms with van der Waals surface area (Å²) >= 11 is 0. The lowest BCUT2D eigenvalue weighted by atomic mass is 9.80. The summed E-state index contributed by atoms with van der Waals surface area (Å²) in [5, 5.41) is 13.4. The van der Waals surface area contributed by atoms with Crippen LogP contribution in [0.3, 0.4) is 0 Å². The highest BCUT2D eigenvalue weighted by Gasteiger charge is 2.33. The van der Waals surface area contributed by atoms with E-state index in [-0.39, 0.29) is 5.91 Å². The first-order valence-electron chi connectivity index (χ1n) is 7.49. The van der Waals surface area contributed by atoms with Crippen molar-refractivity contribution in [3.63, 3.8) is 0 Å². The van der Waals surface area contributed by atoms with E-state index in [2.05, 4.69) is 17.4 Å². The summed E-state index contributed by atoms with van der Waals surface area (Å²) in [6.07, 6.45) is 4.55. The minimum absolute atomic E-state index is 0.221. The molecule has 0 spiro atoms. The van der Waals surface area contributed by atoms with Crippen LogP contribution in [0.4, 0.5) is 5.69 Å². The average molecular weight is 274 g/mol. The third-order valence-electron chi connectivity index (χ3n) is 4.36. The van der Waals surface area contributed by atoms with Crippen LogP contribution in [0.2, 0.25) is 0 Å². The standard InChI is InChI=1S/C16H22N2O2/c19-15-6-2-9-18(15)14-5-1-4-13(10-14)11-17-12-16(20)7-3-8-16/h1,4-5,10,17,20H,2-3,6-9,11-12H2. The summed E-state index contributed by atoms with van der Waals surface area (Å²) in [4.78, 5) is 13.6. The number of aliphatic hydroxyl groups is 1. The zero-order valence-electron chi connectivity index (χ0n) is 11.8. The lowest BCUT2D eigenvalue weighted by Crippen LogP contribution is -2.45. The monoisotopic (exact) mass is 274 g/mol. The zero-order chi connectivity index (χ0) is 14.0. The Hall–Kier alpha value is -1.39. The summed E-state index contributed by atoms with van der Waals surface area (Å²) in [5.74, 6) is 0.221. The number of carbonyl (C=O) groups excluding carboxylic acids is 1. The molecule has 1 aromatic carbocycles. The molecule has 4 nitrogen and oxygen atoms in total. The van der Waals surface area contributed by atoms with Gasteiger partial charge in [-0.25, -0.2) is 0 Å². The van der Waals surface area contributed by atoms with Crippen molar-refractivity contribution >= 4 is 11.6 Å². The molecule has 2 N–H and O–H groups in total. The molecule has 1 aromatic rings. The number of rotatable bonds is 5. The van der Waals surface area contributed by atoms with Crippen molar-refractivity contribution in [1.29, 1.82) is 0 Å². The first-order chi connectivity index (χ1) is 9.66. The molecule has 0 atom stereocenters. The number of hydrogen-bond acceptors (Lipinski definition) is 3. The fourth-order valence-corrected chi connectivity index (χ4v) is 2.96. The van der Waals surface area contributed by atoms with Crippen molar-refractivity contribution in [3.8, 4) is 0 Å². The number of carbonyl (C=O) groups is 1. The zero-order valence-corrected chi connectivity index (χ0v) is 11.8. The molecule has 0 bridgehead atoms. The minimum Gasteiger partial charge on any atom is -0.389 e. The molecular weight excluding hydrogens is 252 g/mol. The molecule has 1 aliphatic carbocycles. The molecular formula is C16H22N2O2. The second-order valence-electron chi connectivity index (χ2n) is 6.00. The summed E-state index contributed by atoms with van der Waals surface area (Å²) < 4.78 is 0. The van der Waals surface area contributed by atoms with Crippen molar-refractivity contribution < 1.29 is 9.90 Å². The van der Waals surface area contributed by atoms with Gasteiger partial charge >= 0.3 is 0 Å². The fourth-order valence-electron chi connectivity index (χ4n) is 2.96. The van der Waals surface area contributed by atoms with Gasteiger partial charge in [-0.3, -0.25) is 4.79 Å². The molecule has 4 heteroatoms. The summed E-state index contributed by atoms with van der Waals surface area (Å²) in [5.41, 5.74) is 1.67. The largest absolute Gasteiger partial charge is 0.389 e. The Labute approximate surface area is 119 Å². The molecule has 1 aliphatic heterocycles. The van der Waals surface area contributed by atoms with E-state index in [0.717, 1.165) is 50.0 Å². The molecule has 20 heavy (non-hydrogen) atoms. The highest BCUT2D eigenvalue weighted by atomic mass is 16.3. The van der Waals surface area contributed by atoms with Gasteiger partial charge in [-0.15, -0.1) is 0 Å². The smallest absolute Gasteiger partial charge is 0.227 e. The molecule has 3 rings (SSSR count). The molecule has 1 amide bonds. The molecule has 108 valence electrons. The topological polar surface area (TPSA) is 52.6 Å². The van der Waals surface area contributed by atoms with Crippen LogP contribution >= 0.6 is 0 Å². The van der Waals surface area contributed by atoms with Gasteiger partial charge in [0.05, 0.1) is 5.60 Å². The Morgan fingerprint density at radius 2 is 2.15 bits per heavy atom. The van der Waals surface area contributed by atoms with Crippen molar-refractivity contribution in [2.45, 2.75) is 44.2 Å². The normalized spacial score (nSPS) is 21.1. The van der Waals surface area contributed by atoms with E-state index in [1.54, 1.807) is 0 Å². The van der Waals surface area contributed by atoms with E-state index in [1.807, 2.05) is 17.0 Å². The summed E-state index contributed by atoms with van der Waals surface area (Å²) in [6.45, 7) is 2.22. The van der Waals surface area contributed by atoms with Crippen molar-refractivity contribution in [2.24, 2.45) is 0 Å². The maximum Gasteiger partial charge on any atom is 0.227 e. The van der Waals surface area contributed by atoms with Gasteiger partial charge in [0, 0.05) is 31.7 Å². The molecule has 1 saturated heterocycles. The van der Waals surface area contributed by atoms with E-state index < -0.39 is 5.60 Å². The van der Waals surface area contributed by atoms with Gasteiger partial charge in [-0.1, -0.05) is 12.1 Å². The predicted octanol–water partition coefficient (Wildman–Crippen LogP) is 1.82. The van der Waals surface area contributed by atoms with Crippen LogP contribution in [-0.2, 0) is 11.3 Å². The molecule has 0 unspecified atom stereocenters. The molecule has 1 heterocycles. The number of hydrogen-bond donors (Lipinski definition) is 2. The molecule has 1 saturated carbocycles. The van der Waals surface area contributed by atoms with Gasteiger partial charge in [-0.2, -0.15) is 0 Å². The van der Waals surface area contributed by atoms with Crippen LogP contribution in [0.15, 0.2) is 24.3 Å². The van der Waals surface area contributed by atoms with Crippen LogP contribution in [0.25, 0.3) is 0 Å². The van der Waals surface area contributed by atoms with Crippen LogP contribution in [0, 0.1) is 0 Å².